The van der Waals surface area contributed by atoms with Crippen molar-refractivity contribution < 1.29 is 18.3 Å². The van der Waals surface area contributed by atoms with E-state index in [1.807, 2.05) is 0 Å². The molecule has 0 saturated carbocycles. The predicted octanol–water partition coefficient (Wildman–Crippen LogP) is 2.74. The summed E-state index contributed by atoms with van der Waals surface area (Å²) in [5.41, 5.74) is 0.436. The summed E-state index contributed by atoms with van der Waals surface area (Å²) in [6.45, 7) is 0. The summed E-state index contributed by atoms with van der Waals surface area (Å²) >= 11 is 0. The van der Waals surface area contributed by atoms with Crippen LogP contribution in [0.15, 0.2) is 58.3 Å². The standard InChI is InChI=1S/C16H13NO4S/c1-21-16-10-12(7-8-15(16)18)9-14(11-17)22(19,20)13-5-3-2-4-6-13/h2-10,18H,1H3/b14-9-. The van der Waals surface area contributed by atoms with Crippen LogP contribution in [0.2, 0.25) is 0 Å². The topological polar surface area (TPSA) is 87.4 Å². The highest BCUT2D eigenvalue weighted by atomic mass is 32.2. The molecule has 0 aliphatic carbocycles. The van der Waals surface area contributed by atoms with Crippen LogP contribution in [0.3, 0.4) is 0 Å². The molecular formula is C16H13NO4S. The quantitative estimate of drug-likeness (QED) is 0.877. The lowest BCUT2D eigenvalue weighted by molar-refractivity contribution is 0.373. The summed E-state index contributed by atoms with van der Waals surface area (Å²) in [5, 5.41) is 18.7. The van der Waals surface area contributed by atoms with Crippen molar-refractivity contribution in [3.63, 3.8) is 0 Å². The normalized spacial score (nSPS) is 11.7. The fraction of sp³-hybridized carbons (Fsp3) is 0.0625. The van der Waals surface area contributed by atoms with Crippen LogP contribution in [0.1, 0.15) is 5.56 Å². The van der Waals surface area contributed by atoms with E-state index in [1.54, 1.807) is 24.3 Å². The fourth-order valence-corrected chi connectivity index (χ4v) is 3.01. The number of methoxy groups -OCH3 is 1. The first-order valence-electron chi connectivity index (χ1n) is 6.28. The molecule has 0 atom stereocenters. The molecule has 2 aromatic rings. The van der Waals surface area contributed by atoms with Crippen molar-refractivity contribution in [2.75, 3.05) is 7.11 Å². The first-order valence-corrected chi connectivity index (χ1v) is 7.76. The van der Waals surface area contributed by atoms with E-state index in [0.29, 0.717) is 5.56 Å². The van der Waals surface area contributed by atoms with Gasteiger partial charge in [0.25, 0.3) is 0 Å². The first kappa shape index (κ1) is 15.6. The van der Waals surface area contributed by atoms with E-state index in [9.17, 15) is 18.8 Å². The molecule has 2 rings (SSSR count). The lowest BCUT2D eigenvalue weighted by Gasteiger charge is -2.05. The third kappa shape index (κ3) is 3.10. The highest BCUT2D eigenvalue weighted by molar-refractivity contribution is 7.95. The number of ether oxygens (including phenoxy) is 1. The zero-order valence-electron chi connectivity index (χ0n) is 11.7. The van der Waals surface area contributed by atoms with Gasteiger partial charge >= 0.3 is 0 Å². The van der Waals surface area contributed by atoms with Gasteiger partial charge in [0, 0.05) is 0 Å². The van der Waals surface area contributed by atoms with Crippen molar-refractivity contribution in [1.29, 1.82) is 5.26 Å². The minimum Gasteiger partial charge on any atom is -0.504 e. The number of phenolic OH excluding ortho intramolecular Hbond substituents is 1. The van der Waals surface area contributed by atoms with Gasteiger partial charge in [0.15, 0.2) is 11.5 Å². The average Bonchev–Trinajstić information content (AvgIpc) is 2.54. The van der Waals surface area contributed by atoms with Gasteiger partial charge in [-0.1, -0.05) is 24.3 Å². The van der Waals surface area contributed by atoms with Crippen molar-refractivity contribution in [2.45, 2.75) is 4.90 Å². The molecule has 0 aliphatic heterocycles. The average molecular weight is 315 g/mol. The molecule has 112 valence electrons. The Morgan fingerprint density at radius 1 is 1.23 bits per heavy atom. The number of allylic oxidation sites excluding steroid dienone is 1. The van der Waals surface area contributed by atoms with Gasteiger partial charge in [-0.05, 0) is 35.9 Å². The van der Waals surface area contributed by atoms with Gasteiger partial charge in [0.1, 0.15) is 11.0 Å². The largest absolute Gasteiger partial charge is 0.504 e. The highest BCUT2D eigenvalue weighted by Crippen LogP contribution is 2.28. The summed E-state index contributed by atoms with van der Waals surface area (Å²) < 4.78 is 29.8. The monoisotopic (exact) mass is 315 g/mol. The van der Waals surface area contributed by atoms with Crippen LogP contribution in [0.25, 0.3) is 6.08 Å². The van der Waals surface area contributed by atoms with Crippen molar-refractivity contribution in [2.24, 2.45) is 0 Å². The molecule has 0 spiro atoms. The predicted molar refractivity (Wildman–Crippen MR) is 81.9 cm³/mol. The van der Waals surface area contributed by atoms with Gasteiger partial charge in [-0.2, -0.15) is 5.26 Å². The van der Waals surface area contributed by atoms with Gasteiger partial charge in [-0.15, -0.1) is 0 Å². The minimum atomic E-state index is -3.88. The van der Waals surface area contributed by atoms with E-state index in [1.165, 1.54) is 43.5 Å². The lowest BCUT2D eigenvalue weighted by Crippen LogP contribution is -2.03. The number of benzene rings is 2. The van der Waals surface area contributed by atoms with E-state index in [-0.39, 0.29) is 21.3 Å². The summed E-state index contributed by atoms with van der Waals surface area (Å²) in [5.74, 6) is 0.132. The first-order chi connectivity index (χ1) is 10.5. The number of rotatable bonds is 4. The van der Waals surface area contributed by atoms with Crippen molar-refractivity contribution in [3.05, 3.63) is 59.0 Å². The summed E-state index contributed by atoms with van der Waals surface area (Å²) in [4.78, 5) is -0.333. The number of sulfone groups is 1. The van der Waals surface area contributed by atoms with Crippen LogP contribution in [0, 0.1) is 11.3 Å². The van der Waals surface area contributed by atoms with Crippen molar-refractivity contribution in [3.8, 4) is 17.6 Å². The maximum atomic E-state index is 12.4. The summed E-state index contributed by atoms with van der Waals surface area (Å²) in [6.07, 6.45) is 1.24. The fourth-order valence-electron chi connectivity index (χ4n) is 1.83. The maximum Gasteiger partial charge on any atom is 0.216 e. The third-order valence-corrected chi connectivity index (χ3v) is 4.64. The van der Waals surface area contributed by atoms with Crippen LogP contribution in [-0.4, -0.2) is 20.6 Å². The molecule has 0 heterocycles. The molecule has 0 saturated heterocycles. The van der Waals surface area contributed by atoms with Gasteiger partial charge in [0.05, 0.1) is 12.0 Å². The Hall–Kier alpha value is -2.78. The number of nitrogens with zero attached hydrogens (tertiary/aromatic N) is 1. The Bertz CT molecular complexity index is 849. The van der Waals surface area contributed by atoms with Gasteiger partial charge < -0.3 is 9.84 Å². The second-order valence-corrected chi connectivity index (χ2v) is 6.29. The smallest absolute Gasteiger partial charge is 0.216 e. The number of hydrogen-bond acceptors (Lipinski definition) is 5. The molecule has 0 unspecified atom stereocenters. The molecule has 0 bridgehead atoms. The SMILES string of the molecule is COc1cc(/C=C(/C#N)S(=O)(=O)c2ccccc2)ccc1O. The molecule has 0 fully saturated rings. The van der Waals surface area contributed by atoms with Crippen molar-refractivity contribution >= 4 is 15.9 Å². The van der Waals surface area contributed by atoms with Crippen LogP contribution < -0.4 is 4.74 Å². The van der Waals surface area contributed by atoms with E-state index in [0.717, 1.165) is 0 Å². The Labute approximate surface area is 128 Å². The molecule has 0 radical (unpaired) electrons. The zero-order valence-corrected chi connectivity index (χ0v) is 12.5. The molecule has 6 heteroatoms. The molecule has 22 heavy (non-hydrogen) atoms. The summed E-state index contributed by atoms with van der Waals surface area (Å²) in [7, 11) is -2.50. The number of aromatic hydroxyl groups is 1. The third-order valence-electron chi connectivity index (χ3n) is 2.95. The van der Waals surface area contributed by atoms with E-state index in [4.69, 9.17) is 4.74 Å². The minimum absolute atomic E-state index is 0.0496. The Morgan fingerprint density at radius 3 is 2.50 bits per heavy atom. The zero-order chi connectivity index (χ0) is 16.2. The number of phenols is 1. The maximum absolute atomic E-state index is 12.4. The van der Waals surface area contributed by atoms with Gasteiger partial charge in [-0.25, -0.2) is 8.42 Å². The molecule has 5 nitrogen and oxygen atoms in total. The van der Waals surface area contributed by atoms with Crippen LogP contribution >= 0.6 is 0 Å². The second kappa shape index (κ2) is 6.33. The highest BCUT2D eigenvalue weighted by Gasteiger charge is 2.20. The number of nitriles is 1. The van der Waals surface area contributed by atoms with Crippen molar-refractivity contribution in [1.82, 2.24) is 0 Å². The Balaban J connectivity index is 2.51. The molecule has 1 N–H and O–H groups in total. The summed E-state index contributed by atoms with van der Waals surface area (Å²) in [6, 6.07) is 13.8. The Morgan fingerprint density at radius 2 is 1.91 bits per heavy atom. The Kier molecular flexibility index (Phi) is 4.49. The lowest BCUT2D eigenvalue weighted by atomic mass is 10.2. The molecule has 0 aliphatic rings. The number of hydrogen-bond donors (Lipinski definition) is 1. The molecule has 0 aromatic heterocycles. The van der Waals surface area contributed by atoms with E-state index in [2.05, 4.69) is 0 Å². The van der Waals surface area contributed by atoms with Crippen LogP contribution in [0.4, 0.5) is 0 Å². The molecule has 0 amide bonds. The van der Waals surface area contributed by atoms with Gasteiger partial charge in [0.2, 0.25) is 9.84 Å². The van der Waals surface area contributed by atoms with Crippen LogP contribution in [-0.2, 0) is 9.84 Å². The molecular weight excluding hydrogens is 302 g/mol. The second-order valence-electron chi connectivity index (χ2n) is 4.37. The van der Waals surface area contributed by atoms with Gasteiger partial charge in [-0.3, -0.25) is 0 Å². The van der Waals surface area contributed by atoms with Crippen LogP contribution in [0.5, 0.6) is 11.5 Å². The van der Waals surface area contributed by atoms with E-state index < -0.39 is 9.84 Å². The molecule has 2 aromatic carbocycles. The van der Waals surface area contributed by atoms with E-state index >= 15 is 0 Å².